The molecular weight excluding hydrogens is 343 g/mol. The summed E-state index contributed by atoms with van der Waals surface area (Å²) in [4.78, 5) is 0. The van der Waals surface area contributed by atoms with Gasteiger partial charge in [-0.05, 0) is 24.3 Å². The van der Waals surface area contributed by atoms with Crippen LogP contribution >= 0.6 is 0 Å². The quantitative estimate of drug-likeness (QED) is 0.714. The van der Waals surface area contributed by atoms with Crippen molar-refractivity contribution >= 4 is 0 Å². The lowest BCUT2D eigenvalue weighted by molar-refractivity contribution is -0.597. The second-order valence-electron chi connectivity index (χ2n) is 4.10. The summed E-state index contributed by atoms with van der Waals surface area (Å²) in [5, 5.41) is 0. The van der Waals surface area contributed by atoms with Gasteiger partial charge in [0.25, 0.3) is 0 Å². The van der Waals surface area contributed by atoms with Gasteiger partial charge in [0, 0.05) is 0 Å². The minimum atomic E-state index is 0.0287. The van der Waals surface area contributed by atoms with Crippen LogP contribution in [-0.4, -0.2) is 0 Å². The van der Waals surface area contributed by atoms with Crippen LogP contribution < -0.4 is 21.2 Å². The van der Waals surface area contributed by atoms with E-state index < -0.39 is 0 Å². The average Bonchev–Trinajstić information content (AvgIpc) is 2.43. The molecule has 2 aromatic rings. The van der Waals surface area contributed by atoms with Gasteiger partial charge in [-0.25, -0.2) is 0 Å². The maximum Gasteiger partial charge on any atom is 0.357 e. The maximum absolute atomic E-state index is 2.21. The summed E-state index contributed by atoms with van der Waals surface area (Å²) in [7, 11) is 0. The molecule has 0 bridgehead atoms. The van der Waals surface area contributed by atoms with Crippen molar-refractivity contribution in [3.63, 3.8) is 0 Å². The van der Waals surface area contributed by atoms with E-state index in [1.807, 2.05) is 0 Å². The van der Waals surface area contributed by atoms with Crippen molar-refractivity contribution in [2.24, 2.45) is 0 Å². The van der Waals surface area contributed by atoms with E-state index in [9.17, 15) is 0 Å². The lowest BCUT2D eigenvalue weighted by Gasteiger charge is -1.84. The summed E-state index contributed by atoms with van der Waals surface area (Å²) in [6.07, 6.45) is 2.50. The standard InChI is InChI=1S/C12H10I.2C3H8/c1-3-7-11(8-4-1)13-12-9-5-2-6-10-12;2*1-3-2/h1-10H;2*3H2,1-2H3/q+1;;. The van der Waals surface area contributed by atoms with E-state index in [2.05, 4.69) is 88.4 Å². The molecule has 19 heavy (non-hydrogen) atoms. The number of hydrogen-bond donors (Lipinski definition) is 0. The van der Waals surface area contributed by atoms with Crippen molar-refractivity contribution in [1.29, 1.82) is 0 Å². The normalized spacial score (nSPS) is 8.63. The van der Waals surface area contributed by atoms with E-state index in [4.69, 9.17) is 0 Å². The second-order valence-corrected chi connectivity index (χ2v) is 7.13. The first kappa shape index (κ1) is 18.2. The van der Waals surface area contributed by atoms with E-state index in [0.717, 1.165) is 0 Å². The molecular formula is C18H26I+. The smallest absolute Gasteiger partial charge is 0.0656 e. The van der Waals surface area contributed by atoms with Gasteiger partial charge in [0.2, 0.25) is 0 Å². The molecule has 0 N–H and O–H groups in total. The molecule has 0 spiro atoms. The van der Waals surface area contributed by atoms with Gasteiger partial charge in [0.1, 0.15) is 0 Å². The topological polar surface area (TPSA) is 0 Å². The molecule has 0 amide bonds. The van der Waals surface area contributed by atoms with Crippen LogP contribution in [0.2, 0.25) is 0 Å². The number of hydrogen-bond acceptors (Lipinski definition) is 0. The molecule has 0 heterocycles. The highest BCUT2D eigenvalue weighted by atomic mass is 127. The van der Waals surface area contributed by atoms with Gasteiger partial charge in [-0.2, -0.15) is 0 Å². The van der Waals surface area contributed by atoms with Crippen LogP contribution in [0.15, 0.2) is 60.7 Å². The van der Waals surface area contributed by atoms with Crippen molar-refractivity contribution in [3.05, 3.63) is 67.8 Å². The van der Waals surface area contributed by atoms with Crippen molar-refractivity contribution in [2.75, 3.05) is 0 Å². The molecule has 0 atom stereocenters. The Balaban J connectivity index is 0.000000465. The highest BCUT2D eigenvalue weighted by molar-refractivity contribution is 5.02. The Bertz CT molecular complexity index is 341. The molecule has 0 aliphatic rings. The van der Waals surface area contributed by atoms with Gasteiger partial charge >= 0.3 is 21.2 Å². The van der Waals surface area contributed by atoms with Crippen molar-refractivity contribution in [3.8, 4) is 0 Å². The zero-order valence-electron chi connectivity index (χ0n) is 12.6. The van der Waals surface area contributed by atoms with Crippen molar-refractivity contribution < 1.29 is 21.2 Å². The predicted octanol–water partition coefficient (Wildman–Crippen LogP) is 2.65. The van der Waals surface area contributed by atoms with Crippen LogP contribution in [0.25, 0.3) is 0 Å². The molecule has 1 heteroatoms. The van der Waals surface area contributed by atoms with E-state index in [1.54, 1.807) is 0 Å². The van der Waals surface area contributed by atoms with E-state index >= 15 is 0 Å². The highest BCUT2D eigenvalue weighted by Crippen LogP contribution is 1.85. The van der Waals surface area contributed by atoms with Crippen molar-refractivity contribution in [2.45, 2.75) is 40.5 Å². The van der Waals surface area contributed by atoms with Crippen LogP contribution in [0.3, 0.4) is 0 Å². The van der Waals surface area contributed by atoms with Crippen molar-refractivity contribution in [1.82, 2.24) is 0 Å². The summed E-state index contributed by atoms with van der Waals surface area (Å²) in [6, 6.07) is 21.4. The number of benzene rings is 2. The summed E-state index contributed by atoms with van der Waals surface area (Å²) < 4.78 is 2.96. The zero-order valence-corrected chi connectivity index (χ0v) is 14.7. The highest BCUT2D eigenvalue weighted by Gasteiger charge is 2.12. The molecule has 0 aromatic heterocycles. The molecule has 0 aliphatic carbocycles. The van der Waals surface area contributed by atoms with Gasteiger partial charge in [-0.3, -0.25) is 0 Å². The Kier molecular flexibility index (Phi) is 13.0. The Morgan fingerprint density at radius 3 is 1.11 bits per heavy atom. The fraction of sp³-hybridized carbons (Fsp3) is 0.333. The minimum absolute atomic E-state index is 0.0287. The van der Waals surface area contributed by atoms with Gasteiger partial charge < -0.3 is 0 Å². The van der Waals surface area contributed by atoms with E-state index in [1.165, 1.54) is 20.0 Å². The van der Waals surface area contributed by atoms with Crippen LogP contribution in [0.4, 0.5) is 0 Å². The fourth-order valence-electron chi connectivity index (χ4n) is 1.08. The Morgan fingerprint density at radius 1 is 0.579 bits per heavy atom. The number of halogens is 1. The lowest BCUT2D eigenvalue weighted by atomic mass is 10.4. The largest absolute Gasteiger partial charge is 0.357 e. The van der Waals surface area contributed by atoms with E-state index in [0.29, 0.717) is 0 Å². The number of rotatable bonds is 2. The molecule has 0 saturated heterocycles. The van der Waals surface area contributed by atoms with Crippen LogP contribution in [0, 0.1) is 7.14 Å². The SMILES string of the molecule is CCC.CCC.c1ccc([I+]c2ccccc2)cc1. The molecule has 0 nitrogen and oxygen atoms in total. The summed E-state index contributed by atoms with van der Waals surface area (Å²) in [6.45, 7) is 8.50. The van der Waals surface area contributed by atoms with Gasteiger partial charge in [-0.1, -0.05) is 76.9 Å². The van der Waals surface area contributed by atoms with Gasteiger partial charge in [0.15, 0.2) is 7.14 Å². The third kappa shape index (κ3) is 10.8. The molecule has 0 aliphatic heterocycles. The lowest BCUT2D eigenvalue weighted by Crippen LogP contribution is -3.61. The maximum atomic E-state index is 2.21. The van der Waals surface area contributed by atoms with E-state index in [-0.39, 0.29) is 21.2 Å². The van der Waals surface area contributed by atoms with Gasteiger partial charge in [-0.15, -0.1) is 0 Å². The zero-order chi connectivity index (χ0) is 14.3. The van der Waals surface area contributed by atoms with Crippen LogP contribution in [0.1, 0.15) is 40.5 Å². The summed E-state index contributed by atoms with van der Waals surface area (Å²) in [5.41, 5.74) is 0. The summed E-state index contributed by atoms with van der Waals surface area (Å²) in [5.74, 6) is 0. The molecule has 0 unspecified atom stereocenters. The molecule has 0 fully saturated rings. The molecule has 0 saturated carbocycles. The molecule has 104 valence electrons. The first-order valence-corrected chi connectivity index (χ1v) is 9.19. The first-order chi connectivity index (χ1) is 9.28. The third-order valence-corrected chi connectivity index (χ3v) is 4.37. The molecule has 2 aromatic carbocycles. The monoisotopic (exact) mass is 369 g/mol. The van der Waals surface area contributed by atoms with Gasteiger partial charge in [0.05, 0.1) is 0 Å². The predicted molar refractivity (Wildman–Crippen MR) is 82.2 cm³/mol. The average molecular weight is 369 g/mol. The Labute approximate surface area is 129 Å². The second kappa shape index (κ2) is 13.6. The Hall–Kier alpha value is -0.830. The van der Waals surface area contributed by atoms with Crippen LogP contribution in [-0.2, 0) is 0 Å². The Morgan fingerprint density at radius 2 is 0.842 bits per heavy atom. The third-order valence-electron chi connectivity index (χ3n) is 1.68. The molecule has 0 radical (unpaired) electrons. The molecule has 2 rings (SSSR count). The first-order valence-electron chi connectivity index (χ1n) is 7.03. The van der Waals surface area contributed by atoms with Crippen LogP contribution in [0.5, 0.6) is 0 Å². The fourth-order valence-corrected chi connectivity index (χ4v) is 3.35. The minimum Gasteiger partial charge on any atom is -0.0656 e. The summed E-state index contributed by atoms with van der Waals surface area (Å²) >= 11 is 0.0287.